The zero-order valence-corrected chi connectivity index (χ0v) is 18.8. The number of aromatic nitrogens is 2. The van der Waals surface area contributed by atoms with Gasteiger partial charge in [0.05, 0.1) is 12.2 Å². The van der Waals surface area contributed by atoms with E-state index >= 15 is 0 Å². The first-order chi connectivity index (χ1) is 16.1. The van der Waals surface area contributed by atoms with Crippen LogP contribution >= 0.6 is 0 Å². The van der Waals surface area contributed by atoms with Crippen LogP contribution in [0, 0.1) is 25.5 Å². The first-order valence-corrected chi connectivity index (χ1v) is 10.5. The zero-order valence-electron chi connectivity index (χ0n) is 18.8. The van der Waals surface area contributed by atoms with E-state index in [1.165, 1.54) is 66.8 Å². The molecule has 0 bridgehead atoms. The van der Waals surface area contributed by atoms with E-state index in [9.17, 15) is 23.2 Å². The number of hydrogen-bond donors (Lipinski definition) is 1. The number of ketones is 1. The third-order valence-electron chi connectivity index (χ3n) is 5.68. The number of benzene rings is 2. The van der Waals surface area contributed by atoms with Crippen LogP contribution in [0.25, 0.3) is 5.69 Å². The molecule has 0 aliphatic carbocycles. The van der Waals surface area contributed by atoms with Crippen molar-refractivity contribution in [2.75, 3.05) is 7.05 Å². The molecular formula is C25H22F2N4O3. The topological polar surface area (TPSA) is 84.3 Å². The lowest BCUT2D eigenvalue weighted by molar-refractivity contribution is -0.115. The van der Waals surface area contributed by atoms with Crippen LogP contribution < -0.4 is 10.9 Å². The summed E-state index contributed by atoms with van der Waals surface area (Å²) in [6, 6.07) is 8.38. The highest BCUT2D eigenvalue weighted by molar-refractivity contribution is 6.00. The number of nitrogens with one attached hydrogen (secondary N) is 1. The smallest absolute Gasteiger partial charge is 0.321 e. The Labute approximate surface area is 194 Å². The average molecular weight is 464 g/mol. The van der Waals surface area contributed by atoms with Gasteiger partial charge in [0.15, 0.2) is 5.78 Å². The van der Waals surface area contributed by atoms with Gasteiger partial charge < -0.3 is 10.2 Å². The SMILES string of the molecule is Cc1cnn(-c2cc(CC(=O)C3=CN(C)C(=O)N[C@H]3c3ccc(F)cc3)c(C)cc2F)c(=O)c1. The van der Waals surface area contributed by atoms with E-state index in [1.54, 1.807) is 13.8 Å². The molecule has 1 aliphatic heterocycles. The van der Waals surface area contributed by atoms with Gasteiger partial charge in [0.1, 0.15) is 17.3 Å². The van der Waals surface area contributed by atoms with Crippen molar-refractivity contribution in [3.05, 3.63) is 105 Å². The zero-order chi connectivity index (χ0) is 24.6. The first kappa shape index (κ1) is 23.0. The summed E-state index contributed by atoms with van der Waals surface area (Å²) in [7, 11) is 1.51. The molecule has 9 heteroatoms. The van der Waals surface area contributed by atoms with Gasteiger partial charge in [-0.3, -0.25) is 9.59 Å². The molecule has 4 rings (SSSR count). The Morgan fingerprint density at radius 2 is 1.79 bits per heavy atom. The van der Waals surface area contributed by atoms with Gasteiger partial charge in [0, 0.05) is 31.3 Å². The number of urea groups is 1. The highest BCUT2D eigenvalue weighted by atomic mass is 19.1. The Morgan fingerprint density at radius 3 is 2.47 bits per heavy atom. The fraction of sp³-hybridized carbons (Fsp3) is 0.200. The van der Waals surface area contributed by atoms with Crippen molar-refractivity contribution in [3.63, 3.8) is 0 Å². The predicted octanol–water partition coefficient (Wildman–Crippen LogP) is 3.52. The molecular weight excluding hydrogens is 442 g/mol. The average Bonchev–Trinajstić information content (AvgIpc) is 2.78. The maximum atomic E-state index is 14.7. The fourth-order valence-corrected chi connectivity index (χ4v) is 3.81. The van der Waals surface area contributed by atoms with Gasteiger partial charge in [-0.25, -0.2) is 13.6 Å². The second-order valence-electron chi connectivity index (χ2n) is 8.24. The highest BCUT2D eigenvalue weighted by Gasteiger charge is 2.30. The van der Waals surface area contributed by atoms with Crippen LogP contribution in [-0.2, 0) is 11.2 Å². The lowest BCUT2D eigenvalue weighted by atomic mass is 9.91. The number of carbonyl (C=O) groups excluding carboxylic acids is 2. The largest absolute Gasteiger partial charge is 0.327 e. The molecule has 0 radical (unpaired) electrons. The van der Waals surface area contributed by atoms with E-state index in [1.807, 2.05) is 0 Å². The van der Waals surface area contributed by atoms with E-state index in [-0.39, 0.29) is 17.9 Å². The van der Waals surface area contributed by atoms with Crippen LogP contribution in [0.5, 0.6) is 0 Å². The number of carbonyl (C=O) groups is 2. The van der Waals surface area contributed by atoms with Crippen LogP contribution in [0.3, 0.4) is 0 Å². The number of amides is 2. The molecule has 1 aliphatic rings. The van der Waals surface area contributed by atoms with Gasteiger partial charge in [0.25, 0.3) is 5.56 Å². The number of rotatable bonds is 5. The molecule has 2 amide bonds. The molecule has 0 fully saturated rings. The van der Waals surface area contributed by atoms with Crippen LogP contribution in [0.15, 0.2) is 65.2 Å². The quantitative estimate of drug-likeness (QED) is 0.626. The van der Waals surface area contributed by atoms with Crippen molar-refractivity contribution in [2.24, 2.45) is 0 Å². The molecule has 0 saturated carbocycles. The molecule has 1 N–H and O–H groups in total. The van der Waals surface area contributed by atoms with Crippen molar-refractivity contribution in [2.45, 2.75) is 26.3 Å². The van der Waals surface area contributed by atoms with Crippen LogP contribution in [-0.4, -0.2) is 33.5 Å². The molecule has 0 saturated heterocycles. The van der Waals surface area contributed by atoms with Crippen molar-refractivity contribution in [3.8, 4) is 5.69 Å². The highest BCUT2D eigenvalue weighted by Crippen LogP contribution is 2.28. The van der Waals surface area contributed by atoms with Crippen molar-refractivity contribution >= 4 is 11.8 Å². The Balaban J connectivity index is 1.70. The molecule has 2 aromatic carbocycles. The lowest BCUT2D eigenvalue weighted by Crippen LogP contribution is -2.43. The summed E-state index contributed by atoms with van der Waals surface area (Å²) < 4.78 is 29.1. The second-order valence-corrected chi connectivity index (χ2v) is 8.24. The minimum absolute atomic E-state index is 0.0588. The van der Waals surface area contributed by atoms with Crippen LogP contribution in [0.1, 0.15) is 28.3 Å². The predicted molar refractivity (Wildman–Crippen MR) is 121 cm³/mol. The molecule has 0 spiro atoms. The fourth-order valence-electron chi connectivity index (χ4n) is 3.81. The summed E-state index contributed by atoms with van der Waals surface area (Å²) in [6.45, 7) is 3.38. The lowest BCUT2D eigenvalue weighted by Gasteiger charge is -2.30. The summed E-state index contributed by atoms with van der Waals surface area (Å²) in [5.41, 5.74) is 1.98. The number of nitrogens with zero attached hydrogens (tertiary/aromatic N) is 3. The summed E-state index contributed by atoms with van der Waals surface area (Å²) in [4.78, 5) is 39.2. The van der Waals surface area contributed by atoms with Crippen LogP contribution in [0.4, 0.5) is 13.6 Å². The van der Waals surface area contributed by atoms with Gasteiger partial charge in [-0.15, -0.1) is 0 Å². The molecule has 7 nitrogen and oxygen atoms in total. The Kier molecular flexibility index (Phi) is 6.10. The summed E-state index contributed by atoms with van der Waals surface area (Å²) in [5, 5.41) is 6.76. The van der Waals surface area contributed by atoms with Crippen molar-refractivity contribution in [1.29, 1.82) is 0 Å². The Hall–Kier alpha value is -4.14. The Morgan fingerprint density at radius 1 is 1.09 bits per heavy atom. The number of hydrogen-bond acceptors (Lipinski definition) is 4. The van der Waals surface area contributed by atoms with Gasteiger partial charge in [-0.2, -0.15) is 9.78 Å². The van der Waals surface area contributed by atoms with Crippen molar-refractivity contribution in [1.82, 2.24) is 20.0 Å². The van der Waals surface area contributed by atoms with Gasteiger partial charge >= 0.3 is 6.03 Å². The number of halogens is 2. The maximum absolute atomic E-state index is 14.7. The van der Waals surface area contributed by atoms with Crippen molar-refractivity contribution < 1.29 is 18.4 Å². The van der Waals surface area contributed by atoms with Gasteiger partial charge in [0.2, 0.25) is 0 Å². The third kappa shape index (κ3) is 4.50. The van der Waals surface area contributed by atoms with E-state index in [0.29, 0.717) is 27.8 Å². The molecule has 3 aromatic rings. The molecule has 2 heterocycles. The molecule has 0 unspecified atom stereocenters. The molecule has 1 aromatic heterocycles. The number of Topliss-reactive ketones (excluding diaryl/α,β-unsaturated/α-hetero) is 1. The minimum Gasteiger partial charge on any atom is -0.327 e. The molecule has 1 atom stereocenters. The second kappa shape index (κ2) is 9.01. The van der Waals surface area contributed by atoms with E-state index < -0.39 is 29.3 Å². The first-order valence-electron chi connectivity index (χ1n) is 10.5. The summed E-state index contributed by atoms with van der Waals surface area (Å²) >= 11 is 0. The maximum Gasteiger partial charge on any atom is 0.321 e. The van der Waals surface area contributed by atoms with Gasteiger partial charge in [-0.1, -0.05) is 12.1 Å². The van der Waals surface area contributed by atoms with E-state index in [0.717, 1.165) is 4.68 Å². The standard InChI is InChI=1S/C25H22F2N4O3/c1-14-8-23(33)31(28-12-14)21-10-17(15(2)9-20(21)27)11-22(32)19-13-30(3)25(34)29-24(19)16-4-6-18(26)7-5-16/h4-10,12-13,24H,11H2,1-3H3,(H,29,34)/t24-/m0/s1. The number of aryl methyl sites for hydroxylation is 2. The summed E-state index contributed by atoms with van der Waals surface area (Å²) in [5.74, 6) is -1.39. The van der Waals surface area contributed by atoms with E-state index in [2.05, 4.69) is 10.4 Å². The monoisotopic (exact) mass is 464 g/mol. The molecule has 34 heavy (non-hydrogen) atoms. The molecule has 174 valence electrons. The van der Waals surface area contributed by atoms with Gasteiger partial charge in [-0.05, 0) is 60.4 Å². The Bertz CT molecular complexity index is 1380. The minimum atomic E-state index is -0.765. The third-order valence-corrected chi connectivity index (χ3v) is 5.68. The van der Waals surface area contributed by atoms with Crippen LogP contribution in [0.2, 0.25) is 0 Å². The summed E-state index contributed by atoms with van der Waals surface area (Å²) in [6.07, 6.45) is 2.79. The van der Waals surface area contributed by atoms with E-state index in [4.69, 9.17) is 0 Å². The normalized spacial score (nSPS) is 15.7.